The molecule has 1 amide bonds. The van der Waals surface area contributed by atoms with Gasteiger partial charge in [0.05, 0.1) is 16.3 Å². The first-order chi connectivity index (χ1) is 13.7. The lowest BCUT2D eigenvalue weighted by Gasteiger charge is -2.14. The Morgan fingerprint density at radius 2 is 2.07 bits per heavy atom. The molecular formula is C21H22N4O2S. The topological polar surface area (TPSA) is 72.4 Å². The molecule has 0 radical (unpaired) electrons. The molecule has 4 aromatic rings. The Morgan fingerprint density at radius 1 is 1.25 bits per heavy atom. The van der Waals surface area contributed by atoms with Crippen LogP contribution >= 0.6 is 11.8 Å². The van der Waals surface area contributed by atoms with E-state index in [4.69, 9.17) is 4.42 Å². The van der Waals surface area contributed by atoms with Gasteiger partial charge in [-0.15, -0.1) is 10.2 Å². The summed E-state index contributed by atoms with van der Waals surface area (Å²) in [6.07, 6.45) is 3.20. The monoisotopic (exact) mass is 394 g/mol. The van der Waals surface area contributed by atoms with Gasteiger partial charge in [-0.2, -0.15) is 0 Å². The number of furan rings is 1. The second-order valence-corrected chi connectivity index (χ2v) is 7.88. The van der Waals surface area contributed by atoms with Gasteiger partial charge in [-0.05, 0) is 25.3 Å². The summed E-state index contributed by atoms with van der Waals surface area (Å²) in [7, 11) is 0. The SMILES string of the molecule is CC[C@H](Sc1nncn2c1cc1oc(C)cc12)C(=O)NCCc1ccccc1. The number of amides is 1. The van der Waals surface area contributed by atoms with Gasteiger partial charge in [0.15, 0.2) is 5.58 Å². The van der Waals surface area contributed by atoms with E-state index in [9.17, 15) is 4.79 Å². The minimum atomic E-state index is -0.223. The van der Waals surface area contributed by atoms with Crippen molar-refractivity contribution in [1.29, 1.82) is 0 Å². The predicted molar refractivity (Wildman–Crippen MR) is 111 cm³/mol. The molecule has 0 saturated carbocycles. The van der Waals surface area contributed by atoms with Crippen LogP contribution in [0.2, 0.25) is 0 Å². The van der Waals surface area contributed by atoms with Gasteiger partial charge in [-0.1, -0.05) is 49.0 Å². The molecule has 0 spiro atoms. The number of nitrogens with zero attached hydrogens (tertiary/aromatic N) is 3. The molecule has 0 aliphatic carbocycles. The average Bonchev–Trinajstić information content (AvgIpc) is 3.23. The highest BCUT2D eigenvalue weighted by molar-refractivity contribution is 8.00. The molecule has 3 heterocycles. The zero-order valence-corrected chi connectivity index (χ0v) is 16.7. The molecular weight excluding hydrogens is 372 g/mol. The standard InChI is InChI=1S/C21H22N4O2S/c1-3-19(20(26)22-10-9-15-7-5-4-6-8-15)28-21-17-12-18-16(11-14(2)27-18)25(17)13-23-24-21/h4-8,11-13,19H,3,9-10H2,1-2H3,(H,22,26)/t19-/m0/s1. The van der Waals surface area contributed by atoms with Crippen molar-refractivity contribution in [3.05, 3.63) is 60.1 Å². The third kappa shape index (κ3) is 3.75. The summed E-state index contributed by atoms with van der Waals surface area (Å²) in [5.41, 5.74) is 3.88. The number of fused-ring (bicyclic) bond motifs is 3. The Kier molecular flexibility index (Phi) is 5.34. The van der Waals surface area contributed by atoms with Crippen molar-refractivity contribution in [2.75, 3.05) is 6.54 Å². The molecule has 0 fully saturated rings. The van der Waals surface area contributed by atoms with E-state index in [-0.39, 0.29) is 11.2 Å². The molecule has 0 aliphatic heterocycles. The van der Waals surface area contributed by atoms with Crippen LogP contribution in [0.4, 0.5) is 0 Å². The van der Waals surface area contributed by atoms with Crippen molar-refractivity contribution in [3.63, 3.8) is 0 Å². The number of carbonyl (C=O) groups excluding carboxylic acids is 1. The van der Waals surface area contributed by atoms with E-state index < -0.39 is 0 Å². The van der Waals surface area contributed by atoms with Crippen molar-refractivity contribution in [2.45, 2.75) is 37.0 Å². The van der Waals surface area contributed by atoms with Gasteiger partial charge in [0.2, 0.25) is 5.91 Å². The molecule has 0 unspecified atom stereocenters. The van der Waals surface area contributed by atoms with Crippen LogP contribution in [-0.2, 0) is 11.2 Å². The van der Waals surface area contributed by atoms with Crippen LogP contribution in [0.15, 0.2) is 58.2 Å². The van der Waals surface area contributed by atoms with Crippen molar-refractivity contribution in [1.82, 2.24) is 19.9 Å². The molecule has 3 aromatic heterocycles. The Hall–Kier alpha value is -2.80. The number of rotatable bonds is 7. The van der Waals surface area contributed by atoms with Crippen LogP contribution in [0.1, 0.15) is 24.7 Å². The summed E-state index contributed by atoms with van der Waals surface area (Å²) in [5, 5.41) is 11.9. The average molecular weight is 395 g/mol. The quantitative estimate of drug-likeness (QED) is 0.480. The summed E-state index contributed by atoms with van der Waals surface area (Å²) in [6, 6.07) is 14.1. The zero-order chi connectivity index (χ0) is 19.5. The fraction of sp³-hybridized carbons (Fsp3) is 0.286. The Bertz CT molecular complexity index is 1100. The molecule has 28 heavy (non-hydrogen) atoms. The number of carbonyl (C=O) groups is 1. The van der Waals surface area contributed by atoms with E-state index in [1.807, 2.05) is 48.6 Å². The lowest BCUT2D eigenvalue weighted by Crippen LogP contribution is -2.33. The van der Waals surface area contributed by atoms with Crippen LogP contribution in [-0.4, -0.2) is 32.3 Å². The number of aromatic nitrogens is 3. The van der Waals surface area contributed by atoms with E-state index in [0.29, 0.717) is 13.0 Å². The first-order valence-corrected chi connectivity index (χ1v) is 10.2. The number of hydrogen-bond acceptors (Lipinski definition) is 5. The van der Waals surface area contributed by atoms with Crippen molar-refractivity contribution in [2.24, 2.45) is 0 Å². The first-order valence-electron chi connectivity index (χ1n) is 9.37. The predicted octanol–water partition coefficient (Wildman–Crippen LogP) is 4.01. The summed E-state index contributed by atoms with van der Waals surface area (Å²) in [6.45, 7) is 4.55. The summed E-state index contributed by atoms with van der Waals surface area (Å²) in [4.78, 5) is 12.7. The summed E-state index contributed by atoms with van der Waals surface area (Å²) in [5.74, 6) is 0.882. The minimum Gasteiger partial charge on any atom is -0.460 e. The first kappa shape index (κ1) is 18.6. The van der Waals surface area contributed by atoms with Gasteiger partial charge in [0, 0.05) is 18.7 Å². The highest BCUT2D eigenvalue weighted by Crippen LogP contribution is 2.31. The fourth-order valence-electron chi connectivity index (χ4n) is 3.23. The van der Waals surface area contributed by atoms with Crippen LogP contribution in [0.5, 0.6) is 0 Å². The second-order valence-electron chi connectivity index (χ2n) is 6.68. The highest BCUT2D eigenvalue weighted by Gasteiger charge is 2.21. The lowest BCUT2D eigenvalue weighted by atomic mass is 10.1. The molecule has 4 rings (SSSR count). The van der Waals surface area contributed by atoms with E-state index >= 15 is 0 Å². The number of aryl methyl sites for hydroxylation is 1. The molecule has 0 aliphatic rings. The van der Waals surface area contributed by atoms with Gasteiger partial charge in [0.25, 0.3) is 0 Å². The second kappa shape index (κ2) is 8.06. The largest absolute Gasteiger partial charge is 0.460 e. The van der Waals surface area contributed by atoms with Crippen molar-refractivity contribution >= 4 is 34.3 Å². The smallest absolute Gasteiger partial charge is 0.233 e. The third-order valence-corrected chi connectivity index (χ3v) is 6.00. The van der Waals surface area contributed by atoms with Gasteiger partial charge >= 0.3 is 0 Å². The van der Waals surface area contributed by atoms with Crippen molar-refractivity contribution < 1.29 is 9.21 Å². The van der Waals surface area contributed by atoms with E-state index in [1.165, 1.54) is 17.3 Å². The lowest BCUT2D eigenvalue weighted by molar-refractivity contribution is -0.120. The molecule has 1 N–H and O–H groups in total. The molecule has 0 bridgehead atoms. The summed E-state index contributed by atoms with van der Waals surface area (Å²) < 4.78 is 7.68. The maximum Gasteiger partial charge on any atom is 0.233 e. The van der Waals surface area contributed by atoms with E-state index in [2.05, 4.69) is 27.6 Å². The molecule has 0 saturated heterocycles. The number of benzene rings is 1. The van der Waals surface area contributed by atoms with Gasteiger partial charge in [0.1, 0.15) is 17.1 Å². The maximum absolute atomic E-state index is 12.7. The summed E-state index contributed by atoms with van der Waals surface area (Å²) >= 11 is 1.45. The normalized spacial score (nSPS) is 12.5. The van der Waals surface area contributed by atoms with Gasteiger partial charge < -0.3 is 9.73 Å². The Balaban J connectivity index is 1.47. The minimum absolute atomic E-state index is 0.0262. The zero-order valence-electron chi connectivity index (χ0n) is 15.9. The Morgan fingerprint density at radius 3 is 2.86 bits per heavy atom. The maximum atomic E-state index is 12.7. The number of hydrogen-bond donors (Lipinski definition) is 1. The van der Waals surface area contributed by atoms with E-state index in [0.717, 1.165) is 33.8 Å². The van der Waals surface area contributed by atoms with Crippen LogP contribution < -0.4 is 5.32 Å². The molecule has 1 aromatic carbocycles. The molecule has 6 nitrogen and oxygen atoms in total. The van der Waals surface area contributed by atoms with Crippen LogP contribution in [0.25, 0.3) is 16.6 Å². The van der Waals surface area contributed by atoms with Crippen LogP contribution in [0.3, 0.4) is 0 Å². The highest BCUT2D eigenvalue weighted by atomic mass is 32.2. The van der Waals surface area contributed by atoms with Crippen molar-refractivity contribution in [3.8, 4) is 0 Å². The van der Waals surface area contributed by atoms with E-state index in [1.54, 1.807) is 6.33 Å². The van der Waals surface area contributed by atoms with Gasteiger partial charge in [-0.3, -0.25) is 9.20 Å². The third-order valence-electron chi connectivity index (χ3n) is 4.66. The van der Waals surface area contributed by atoms with Gasteiger partial charge in [-0.25, -0.2) is 0 Å². The molecule has 144 valence electrons. The van der Waals surface area contributed by atoms with Crippen LogP contribution in [0, 0.1) is 6.92 Å². The number of nitrogens with one attached hydrogen (secondary N) is 1. The molecule has 7 heteroatoms. The number of thioether (sulfide) groups is 1. The molecule has 1 atom stereocenters. The fourth-order valence-corrected chi connectivity index (χ4v) is 4.23. The Labute approximate surface area is 167 Å².